The van der Waals surface area contributed by atoms with Crippen LogP contribution in [0, 0.1) is 16.2 Å². The fourth-order valence-corrected chi connectivity index (χ4v) is 5.08. The molecule has 3 rings (SSSR count). The van der Waals surface area contributed by atoms with E-state index in [-0.39, 0.29) is 22.2 Å². The minimum absolute atomic E-state index is 0.150. The first-order chi connectivity index (χ1) is 10.3. The number of nitrogens with zero attached hydrogens (tertiary/aromatic N) is 3. The van der Waals surface area contributed by atoms with Gasteiger partial charge in [0.25, 0.3) is 0 Å². The van der Waals surface area contributed by atoms with Crippen molar-refractivity contribution < 1.29 is 10.0 Å². The summed E-state index contributed by atoms with van der Waals surface area (Å²) >= 11 is 0. The maximum atomic E-state index is 13.4. The van der Waals surface area contributed by atoms with Crippen LogP contribution in [0.5, 0.6) is 0 Å². The molecule has 5 heteroatoms. The van der Waals surface area contributed by atoms with Gasteiger partial charge in [-0.05, 0) is 24.8 Å². The molecule has 2 saturated carbocycles. The standard InChI is InChI=1S/C17H29N3O2/c1-5-19-8-10-20(11-9-19)14(21)17-7-6-16(4,15(17,2)3)13(12-17)18-22/h22H,5-12H2,1-4H3/b18-13+. The van der Waals surface area contributed by atoms with Gasteiger partial charge >= 0.3 is 0 Å². The van der Waals surface area contributed by atoms with Crippen LogP contribution in [-0.2, 0) is 4.79 Å². The fraction of sp³-hybridized carbons (Fsp3) is 0.882. The number of rotatable bonds is 2. The summed E-state index contributed by atoms with van der Waals surface area (Å²) in [5.74, 6) is 0.288. The van der Waals surface area contributed by atoms with Gasteiger partial charge in [-0.15, -0.1) is 0 Å². The van der Waals surface area contributed by atoms with E-state index in [4.69, 9.17) is 0 Å². The third-order valence-corrected chi connectivity index (χ3v) is 7.37. The highest BCUT2D eigenvalue weighted by atomic mass is 16.4. The Morgan fingerprint density at radius 1 is 1.18 bits per heavy atom. The second-order valence-corrected chi connectivity index (χ2v) is 7.99. The number of carbonyl (C=O) groups is 1. The summed E-state index contributed by atoms with van der Waals surface area (Å²) in [6.45, 7) is 13.4. The van der Waals surface area contributed by atoms with Gasteiger partial charge in [-0.3, -0.25) is 4.79 Å². The lowest BCUT2D eigenvalue weighted by Crippen LogP contribution is -2.55. The average Bonchev–Trinajstić information content (AvgIpc) is 2.84. The van der Waals surface area contributed by atoms with Gasteiger partial charge in [0, 0.05) is 38.0 Å². The molecule has 2 atom stereocenters. The van der Waals surface area contributed by atoms with E-state index in [1.807, 2.05) is 0 Å². The van der Waals surface area contributed by atoms with E-state index in [1.54, 1.807) is 0 Å². The first-order valence-electron chi connectivity index (χ1n) is 8.55. The molecule has 2 bridgehead atoms. The van der Waals surface area contributed by atoms with Crippen molar-refractivity contribution in [2.24, 2.45) is 21.4 Å². The number of fused-ring (bicyclic) bond motifs is 2. The molecule has 0 spiro atoms. The molecule has 2 aliphatic carbocycles. The van der Waals surface area contributed by atoms with Gasteiger partial charge in [-0.25, -0.2) is 0 Å². The normalized spacial score (nSPS) is 39.6. The summed E-state index contributed by atoms with van der Waals surface area (Å²) in [6.07, 6.45) is 2.49. The van der Waals surface area contributed by atoms with Crippen LogP contribution in [0.2, 0.25) is 0 Å². The summed E-state index contributed by atoms with van der Waals surface area (Å²) in [5.41, 5.74) is 0.144. The zero-order chi connectivity index (χ0) is 16.2. The van der Waals surface area contributed by atoms with E-state index in [0.717, 1.165) is 51.3 Å². The van der Waals surface area contributed by atoms with E-state index in [0.29, 0.717) is 6.42 Å². The Labute approximate surface area is 133 Å². The number of amides is 1. The number of oxime groups is 1. The summed E-state index contributed by atoms with van der Waals surface area (Å²) in [4.78, 5) is 17.8. The molecule has 0 aromatic heterocycles. The lowest BCUT2D eigenvalue weighted by molar-refractivity contribution is -0.149. The molecule has 1 aliphatic heterocycles. The van der Waals surface area contributed by atoms with Crippen molar-refractivity contribution in [3.8, 4) is 0 Å². The molecular formula is C17H29N3O2. The molecular weight excluding hydrogens is 278 g/mol. The van der Waals surface area contributed by atoms with Crippen LogP contribution in [0.25, 0.3) is 0 Å². The number of piperazine rings is 1. The third-order valence-electron chi connectivity index (χ3n) is 7.37. The molecule has 1 N–H and O–H groups in total. The highest BCUT2D eigenvalue weighted by Gasteiger charge is 2.72. The Kier molecular flexibility index (Phi) is 3.55. The van der Waals surface area contributed by atoms with Crippen molar-refractivity contribution >= 4 is 11.6 Å². The molecule has 0 aromatic carbocycles. The lowest BCUT2D eigenvalue weighted by atomic mass is 9.64. The van der Waals surface area contributed by atoms with E-state index in [2.05, 4.69) is 42.7 Å². The first kappa shape index (κ1) is 15.8. The molecule has 2 unspecified atom stereocenters. The van der Waals surface area contributed by atoms with Crippen LogP contribution in [0.15, 0.2) is 5.16 Å². The van der Waals surface area contributed by atoms with Gasteiger partial charge in [0.2, 0.25) is 5.91 Å². The van der Waals surface area contributed by atoms with E-state index >= 15 is 0 Å². The van der Waals surface area contributed by atoms with Gasteiger partial charge in [0.1, 0.15) is 0 Å². The molecule has 5 nitrogen and oxygen atoms in total. The summed E-state index contributed by atoms with van der Waals surface area (Å²) < 4.78 is 0. The summed E-state index contributed by atoms with van der Waals surface area (Å²) in [6, 6.07) is 0. The minimum Gasteiger partial charge on any atom is -0.411 e. The largest absolute Gasteiger partial charge is 0.411 e. The molecule has 1 amide bonds. The molecule has 0 radical (unpaired) electrons. The van der Waals surface area contributed by atoms with Crippen molar-refractivity contribution in [1.82, 2.24) is 9.80 Å². The van der Waals surface area contributed by atoms with Crippen LogP contribution in [0.3, 0.4) is 0 Å². The van der Waals surface area contributed by atoms with Crippen LogP contribution in [0.1, 0.15) is 47.0 Å². The van der Waals surface area contributed by atoms with Gasteiger partial charge < -0.3 is 15.0 Å². The Morgan fingerprint density at radius 3 is 2.32 bits per heavy atom. The second-order valence-electron chi connectivity index (χ2n) is 7.99. The van der Waals surface area contributed by atoms with Crippen LogP contribution < -0.4 is 0 Å². The zero-order valence-electron chi connectivity index (χ0n) is 14.4. The maximum absolute atomic E-state index is 13.4. The molecule has 3 aliphatic rings. The molecule has 22 heavy (non-hydrogen) atoms. The van der Waals surface area contributed by atoms with Crippen molar-refractivity contribution in [2.45, 2.75) is 47.0 Å². The number of carbonyl (C=O) groups excluding carboxylic acids is 1. The van der Waals surface area contributed by atoms with Gasteiger partial charge in [0.05, 0.1) is 11.1 Å². The molecule has 1 heterocycles. The van der Waals surface area contributed by atoms with E-state index in [1.165, 1.54) is 0 Å². The Balaban J connectivity index is 1.87. The molecule has 3 fully saturated rings. The number of likely N-dealkylation sites (N-methyl/N-ethyl adjacent to an activating group) is 1. The molecule has 0 aromatic rings. The highest BCUT2D eigenvalue weighted by molar-refractivity contribution is 6.02. The van der Waals surface area contributed by atoms with Crippen molar-refractivity contribution in [3.05, 3.63) is 0 Å². The third kappa shape index (κ3) is 1.75. The predicted octanol–water partition coefficient (Wildman–Crippen LogP) is 2.20. The Hall–Kier alpha value is -1.10. The summed E-state index contributed by atoms with van der Waals surface area (Å²) in [7, 11) is 0. The van der Waals surface area contributed by atoms with Crippen LogP contribution in [0.4, 0.5) is 0 Å². The minimum atomic E-state index is -0.377. The van der Waals surface area contributed by atoms with Gasteiger partial charge in [-0.2, -0.15) is 0 Å². The SMILES string of the molecule is CCN1CCN(C(=O)C23CCC(C)(/C(=N/O)C2)C3(C)C)CC1. The summed E-state index contributed by atoms with van der Waals surface area (Å²) in [5, 5.41) is 13.0. The lowest BCUT2D eigenvalue weighted by Gasteiger charge is -2.44. The van der Waals surface area contributed by atoms with E-state index < -0.39 is 0 Å². The molecule has 1 saturated heterocycles. The first-order valence-corrected chi connectivity index (χ1v) is 8.55. The zero-order valence-corrected chi connectivity index (χ0v) is 14.4. The quantitative estimate of drug-likeness (QED) is 0.628. The fourth-order valence-electron chi connectivity index (χ4n) is 5.08. The van der Waals surface area contributed by atoms with Gasteiger partial charge in [0.15, 0.2) is 0 Å². The Morgan fingerprint density at radius 2 is 1.82 bits per heavy atom. The number of hydrogen-bond acceptors (Lipinski definition) is 4. The highest BCUT2D eigenvalue weighted by Crippen LogP contribution is 2.71. The maximum Gasteiger partial charge on any atom is 0.229 e. The monoisotopic (exact) mass is 307 g/mol. The smallest absolute Gasteiger partial charge is 0.229 e. The van der Waals surface area contributed by atoms with E-state index in [9.17, 15) is 10.0 Å². The van der Waals surface area contributed by atoms with Crippen LogP contribution >= 0.6 is 0 Å². The Bertz CT molecular complexity index is 508. The second kappa shape index (κ2) is 4.95. The van der Waals surface area contributed by atoms with Gasteiger partial charge in [-0.1, -0.05) is 32.9 Å². The van der Waals surface area contributed by atoms with Crippen molar-refractivity contribution in [2.75, 3.05) is 32.7 Å². The average molecular weight is 307 g/mol. The topological polar surface area (TPSA) is 56.1 Å². The number of hydrogen-bond donors (Lipinski definition) is 1. The van der Waals surface area contributed by atoms with Crippen molar-refractivity contribution in [3.63, 3.8) is 0 Å². The van der Waals surface area contributed by atoms with Crippen LogP contribution in [-0.4, -0.2) is 59.3 Å². The molecule has 124 valence electrons. The van der Waals surface area contributed by atoms with Crippen molar-refractivity contribution in [1.29, 1.82) is 0 Å². The predicted molar refractivity (Wildman–Crippen MR) is 86.1 cm³/mol.